The third kappa shape index (κ3) is 2.96. The van der Waals surface area contributed by atoms with E-state index in [4.69, 9.17) is 18.8 Å². The maximum Gasteiger partial charge on any atom is 0.407 e. The van der Waals surface area contributed by atoms with Gasteiger partial charge in [0.2, 0.25) is 0 Å². The highest BCUT2D eigenvalue weighted by Crippen LogP contribution is 2.40. The minimum Gasteiger partial charge on any atom is -0.347 e. The van der Waals surface area contributed by atoms with E-state index in [9.17, 15) is 18.0 Å². The number of alkyl halides is 3. The number of hydrogen-bond donors (Lipinski definition) is 1. The molecule has 2 aliphatic rings. The zero-order valence-corrected chi connectivity index (χ0v) is 14.2. The van der Waals surface area contributed by atoms with Crippen molar-refractivity contribution in [1.29, 1.82) is 0 Å². The molecular formula is C16H15F3N4OS. The Labute approximate surface area is 148 Å². The van der Waals surface area contributed by atoms with E-state index in [0.29, 0.717) is 25.9 Å². The molecule has 2 aliphatic heterocycles. The molecule has 3 rings (SSSR count). The number of carbonyl (C=O) groups excluding carboxylic acids is 1. The number of amides is 1. The van der Waals surface area contributed by atoms with Gasteiger partial charge in [0, 0.05) is 18.8 Å². The fourth-order valence-electron chi connectivity index (χ4n) is 3.18. The minimum absolute atomic E-state index is 0.0260. The highest BCUT2D eigenvalue weighted by Gasteiger charge is 2.51. The molecule has 0 aliphatic carbocycles. The zero-order valence-electron chi connectivity index (χ0n) is 13.4. The van der Waals surface area contributed by atoms with Crippen molar-refractivity contribution < 1.29 is 18.0 Å². The molecule has 0 aromatic heterocycles. The van der Waals surface area contributed by atoms with E-state index < -0.39 is 23.0 Å². The van der Waals surface area contributed by atoms with Gasteiger partial charge >= 0.3 is 6.18 Å². The molecule has 1 aromatic carbocycles. The van der Waals surface area contributed by atoms with E-state index in [0.717, 1.165) is 17.0 Å². The number of nitrogens with zero attached hydrogens (tertiary/aromatic N) is 3. The summed E-state index contributed by atoms with van der Waals surface area (Å²) in [5.74, 6) is -0.339. The molecule has 1 aromatic rings. The molecule has 2 saturated heterocycles. The van der Waals surface area contributed by atoms with Crippen molar-refractivity contribution in [2.75, 3.05) is 25.0 Å². The molecule has 2 heterocycles. The van der Waals surface area contributed by atoms with Crippen molar-refractivity contribution in [3.8, 4) is 0 Å². The normalized spacial score (nSPS) is 20.7. The second kappa shape index (κ2) is 5.97. The topological polar surface area (TPSA) is 39.9 Å². The third-order valence-corrected chi connectivity index (χ3v) is 4.95. The van der Waals surface area contributed by atoms with Gasteiger partial charge in [-0.1, -0.05) is 6.07 Å². The number of rotatable bonds is 1. The van der Waals surface area contributed by atoms with Gasteiger partial charge in [-0.25, -0.2) is 4.85 Å². The van der Waals surface area contributed by atoms with Crippen LogP contribution in [0, 0.1) is 6.57 Å². The SMILES string of the molecule is [C-]#[N+]c1ccc(N2C(=O)C3(CCN(C)CC3)NC2=S)cc1C(F)(F)F. The van der Waals surface area contributed by atoms with Crippen molar-refractivity contribution in [3.63, 3.8) is 0 Å². The van der Waals surface area contributed by atoms with Gasteiger partial charge in [0.25, 0.3) is 5.91 Å². The third-order valence-electron chi connectivity index (χ3n) is 4.67. The molecule has 5 nitrogen and oxygen atoms in total. The molecule has 9 heteroatoms. The average molecular weight is 368 g/mol. The molecule has 25 heavy (non-hydrogen) atoms. The van der Waals surface area contributed by atoms with Gasteiger partial charge < -0.3 is 10.2 Å². The molecule has 0 radical (unpaired) electrons. The van der Waals surface area contributed by atoms with E-state index >= 15 is 0 Å². The monoisotopic (exact) mass is 368 g/mol. The zero-order chi connectivity index (χ0) is 18.4. The quantitative estimate of drug-likeness (QED) is 0.611. The first kappa shape index (κ1) is 17.6. The molecule has 132 valence electrons. The molecule has 1 amide bonds. The summed E-state index contributed by atoms with van der Waals surface area (Å²) in [7, 11) is 1.95. The van der Waals surface area contributed by atoms with Crippen molar-refractivity contribution in [1.82, 2.24) is 10.2 Å². The number of anilines is 1. The van der Waals surface area contributed by atoms with Gasteiger partial charge in [0.15, 0.2) is 10.8 Å². The first-order valence-electron chi connectivity index (χ1n) is 7.62. The number of likely N-dealkylation sites (tertiary alicyclic amines) is 1. The fourth-order valence-corrected chi connectivity index (χ4v) is 3.57. The number of nitrogens with one attached hydrogen (secondary N) is 1. The lowest BCUT2D eigenvalue weighted by molar-refractivity contribution is -0.136. The van der Waals surface area contributed by atoms with Crippen molar-refractivity contribution >= 4 is 34.6 Å². The number of carbonyl (C=O) groups is 1. The van der Waals surface area contributed by atoms with Gasteiger partial charge in [-0.15, -0.1) is 0 Å². The molecule has 0 unspecified atom stereocenters. The standard InChI is InChI=1S/C16H15F3N4OS/c1-20-12-4-3-10(9-11(12)16(17,18)19)23-13(24)15(21-14(23)25)5-7-22(2)8-6-15/h3-4,9H,5-8H2,2H3,(H,21,25). The lowest BCUT2D eigenvalue weighted by Gasteiger charge is -2.35. The summed E-state index contributed by atoms with van der Waals surface area (Å²) in [5.41, 5.74) is -2.41. The van der Waals surface area contributed by atoms with Crippen LogP contribution in [0.15, 0.2) is 18.2 Å². The minimum atomic E-state index is -4.68. The van der Waals surface area contributed by atoms with Crippen molar-refractivity contribution in [3.05, 3.63) is 35.2 Å². The Morgan fingerprint density at radius 1 is 1.32 bits per heavy atom. The second-order valence-electron chi connectivity index (χ2n) is 6.27. The van der Waals surface area contributed by atoms with E-state index in [-0.39, 0.29) is 16.7 Å². The molecule has 0 atom stereocenters. The number of hydrogen-bond acceptors (Lipinski definition) is 3. The Morgan fingerprint density at radius 2 is 1.96 bits per heavy atom. The number of halogens is 3. The first-order chi connectivity index (χ1) is 11.7. The highest BCUT2D eigenvalue weighted by atomic mass is 32.1. The van der Waals surface area contributed by atoms with Gasteiger partial charge in [-0.3, -0.25) is 9.69 Å². The van der Waals surface area contributed by atoms with Crippen LogP contribution >= 0.6 is 12.2 Å². The number of benzene rings is 1. The van der Waals surface area contributed by atoms with E-state index in [1.807, 2.05) is 7.05 Å². The Bertz CT molecular complexity index is 779. The van der Waals surface area contributed by atoms with Crippen LogP contribution in [0.5, 0.6) is 0 Å². The molecule has 1 N–H and O–H groups in total. The van der Waals surface area contributed by atoms with Crippen LogP contribution in [0.3, 0.4) is 0 Å². The summed E-state index contributed by atoms with van der Waals surface area (Å²) in [4.78, 5) is 19.0. The molecular weight excluding hydrogens is 353 g/mol. The van der Waals surface area contributed by atoms with Gasteiger partial charge in [-0.2, -0.15) is 13.2 Å². The summed E-state index contributed by atoms with van der Waals surface area (Å²) in [6.45, 7) is 8.29. The lowest BCUT2D eigenvalue weighted by Crippen LogP contribution is -2.54. The first-order valence-corrected chi connectivity index (χ1v) is 8.03. The second-order valence-corrected chi connectivity index (χ2v) is 6.65. The van der Waals surface area contributed by atoms with E-state index in [2.05, 4.69) is 15.1 Å². The van der Waals surface area contributed by atoms with Crippen LogP contribution in [-0.2, 0) is 11.0 Å². The maximum absolute atomic E-state index is 13.2. The fraction of sp³-hybridized carbons (Fsp3) is 0.438. The van der Waals surface area contributed by atoms with Gasteiger partial charge in [0.1, 0.15) is 5.54 Å². The maximum atomic E-state index is 13.2. The van der Waals surface area contributed by atoms with Crippen molar-refractivity contribution in [2.45, 2.75) is 24.6 Å². The summed E-state index contributed by atoms with van der Waals surface area (Å²) in [5, 5.41) is 3.11. The Balaban J connectivity index is 1.99. The van der Waals surface area contributed by atoms with Crippen LogP contribution in [-0.4, -0.2) is 41.6 Å². The Morgan fingerprint density at radius 3 is 2.52 bits per heavy atom. The summed E-state index contributed by atoms with van der Waals surface area (Å²) in [6, 6.07) is 3.20. The van der Waals surface area contributed by atoms with Crippen LogP contribution in [0.25, 0.3) is 4.85 Å². The predicted molar refractivity (Wildman–Crippen MR) is 90.4 cm³/mol. The molecule has 0 saturated carbocycles. The summed E-state index contributed by atoms with van der Waals surface area (Å²) < 4.78 is 39.6. The largest absolute Gasteiger partial charge is 0.407 e. The Kier molecular flexibility index (Phi) is 4.21. The van der Waals surface area contributed by atoms with Crippen LogP contribution in [0.4, 0.5) is 24.5 Å². The summed E-state index contributed by atoms with van der Waals surface area (Å²) in [6.07, 6.45) is -3.62. The van der Waals surface area contributed by atoms with Crippen LogP contribution in [0.2, 0.25) is 0 Å². The van der Waals surface area contributed by atoms with E-state index in [1.54, 1.807) is 0 Å². The number of piperidine rings is 1. The molecule has 2 fully saturated rings. The van der Waals surface area contributed by atoms with Crippen LogP contribution in [0.1, 0.15) is 18.4 Å². The molecule has 0 bridgehead atoms. The van der Waals surface area contributed by atoms with Gasteiger partial charge in [0.05, 0.1) is 12.1 Å². The Hall–Kier alpha value is -2.18. The summed E-state index contributed by atoms with van der Waals surface area (Å²) >= 11 is 5.22. The average Bonchev–Trinajstić information content (AvgIpc) is 2.79. The lowest BCUT2D eigenvalue weighted by atomic mass is 9.87. The van der Waals surface area contributed by atoms with Crippen molar-refractivity contribution in [2.24, 2.45) is 0 Å². The highest BCUT2D eigenvalue weighted by molar-refractivity contribution is 7.80. The smallest absolute Gasteiger partial charge is 0.347 e. The van der Waals surface area contributed by atoms with E-state index in [1.165, 1.54) is 6.07 Å². The molecule has 1 spiro atoms. The predicted octanol–water partition coefficient (Wildman–Crippen LogP) is 2.94. The number of thiocarbonyl (C=S) groups is 1. The van der Waals surface area contributed by atoms with Crippen LogP contribution < -0.4 is 10.2 Å². The van der Waals surface area contributed by atoms with Gasteiger partial charge in [-0.05, 0) is 44.2 Å².